The highest BCUT2D eigenvalue weighted by Gasteiger charge is 2.39. The highest BCUT2D eigenvalue weighted by atomic mass is 16.6. The topological polar surface area (TPSA) is 112 Å². The molecule has 0 saturated carbocycles. The maximum Gasteiger partial charge on any atom is 0.291 e. The zero-order valence-electron chi connectivity index (χ0n) is 15.0. The first-order chi connectivity index (χ1) is 13.0. The number of para-hydroxylation sites is 2. The van der Waals surface area contributed by atoms with E-state index in [0.717, 1.165) is 12.0 Å². The molecule has 7 heteroatoms. The number of aliphatic imine (C=N–C) groups is 1. The molecule has 0 spiro atoms. The summed E-state index contributed by atoms with van der Waals surface area (Å²) in [5, 5.41) is 2.95. The van der Waals surface area contributed by atoms with E-state index < -0.39 is 11.8 Å². The van der Waals surface area contributed by atoms with Crippen LogP contribution in [0.15, 0.2) is 71.4 Å². The number of rotatable bonds is 7. The monoisotopic (exact) mass is 366 g/mol. The average Bonchev–Trinajstić information content (AvgIpc) is 2.67. The molecule has 1 atom stereocenters. The molecule has 1 unspecified atom stereocenters. The van der Waals surface area contributed by atoms with Crippen molar-refractivity contribution >= 4 is 11.7 Å². The molecule has 1 amide bonds. The van der Waals surface area contributed by atoms with Gasteiger partial charge in [0.25, 0.3) is 11.8 Å². The number of benzene rings is 2. The average molecular weight is 366 g/mol. The Labute approximate surface area is 157 Å². The number of nitrogens with zero attached hydrogens (tertiary/aromatic N) is 1. The minimum Gasteiger partial charge on any atom is -0.490 e. The zero-order valence-corrected chi connectivity index (χ0v) is 15.0. The first kappa shape index (κ1) is 18.5. The lowest BCUT2D eigenvalue weighted by Gasteiger charge is -2.31. The van der Waals surface area contributed by atoms with Crippen molar-refractivity contribution in [3.8, 4) is 11.5 Å². The van der Waals surface area contributed by atoms with Gasteiger partial charge < -0.3 is 20.5 Å². The van der Waals surface area contributed by atoms with Crippen molar-refractivity contribution < 1.29 is 14.3 Å². The minimum atomic E-state index is -1.78. The van der Waals surface area contributed by atoms with Gasteiger partial charge in [0.1, 0.15) is 11.4 Å². The summed E-state index contributed by atoms with van der Waals surface area (Å²) in [7, 11) is 0. The van der Waals surface area contributed by atoms with Crippen molar-refractivity contribution in [3.05, 3.63) is 71.9 Å². The largest absolute Gasteiger partial charge is 0.490 e. The predicted octanol–water partition coefficient (Wildman–Crippen LogP) is 1.89. The van der Waals surface area contributed by atoms with Crippen LogP contribution in [0.2, 0.25) is 0 Å². The van der Waals surface area contributed by atoms with E-state index in [0.29, 0.717) is 23.9 Å². The van der Waals surface area contributed by atoms with Crippen molar-refractivity contribution in [3.63, 3.8) is 0 Å². The summed E-state index contributed by atoms with van der Waals surface area (Å²) in [5.41, 5.74) is 12.7. The molecular formula is C20H22N4O3. The van der Waals surface area contributed by atoms with Gasteiger partial charge in [0, 0.05) is 11.8 Å². The van der Waals surface area contributed by atoms with Gasteiger partial charge in [-0.25, -0.2) is 4.99 Å². The van der Waals surface area contributed by atoms with E-state index >= 15 is 0 Å². The third-order valence-corrected chi connectivity index (χ3v) is 3.91. The number of nitrogens with two attached hydrogens (primary N) is 2. The Bertz CT molecular complexity index is 880. The van der Waals surface area contributed by atoms with E-state index in [1.165, 1.54) is 6.20 Å². The van der Waals surface area contributed by atoms with E-state index in [1.54, 1.807) is 18.2 Å². The van der Waals surface area contributed by atoms with Crippen LogP contribution in [0.25, 0.3) is 0 Å². The van der Waals surface area contributed by atoms with Crippen LogP contribution in [-0.4, -0.2) is 24.2 Å². The summed E-state index contributed by atoms with van der Waals surface area (Å²) in [6, 6.07) is 16.5. The molecule has 2 aromatic carbocycles. The Balaban J connectivity index is 1.98. The molecule has 1 heterocycles. The molecule has 0 radical (unpaired) electrons. The van der Waals surface area contributed by atoms with E-state index in [2.05, 4.69) is 10.3 Å². The molecule has 7 nitrogen and oxygen atoms in total. The Morgan fingerprint density at radius 2 is 1.78 bits per heavy atom. The SMILES string of the molecule is CCCOc1ccccc1OC1(N)N=C(c2ccccc2)NC=C1C(N)=O. The fourth-order valence-corrected chi connectivity index (χ4v) is 2.61. The molecule has 1 aliphatic rings. The van der Waals surface area contributed by atoms with Gasteiger partial charge in [-0.05, 0) is 18.6 Å². The highest BCUT2D eigenvalue weighted by Crippen LogP contribution is 2.32. The van der Waals surface area contributed by atoms with E-state index in [-0.39, 0.29) is 5.57 Å². The minimum absolute atomic E-state index is 0.00692. The number of hydrogen-bond acceptors (Lipinski definition) is 6. The summed E-state index contributed by atoms with van der Waals surface area (Å²) in [4.78, 5) is 16.4. The van der Waals surface area contributed by atoms with Gasteiger partial charge in [-0.1, -0.05) is 49.4 Å². The normalized spacial score (nSPS) is 18.7. The second-order valence-corrected chi connectivity index (χ2v) is 5.99. The standard InChI is InChI=1S/C20H22N4O3/c1-2-12-26-16-10-6-7-11-17(16)27-20(22)15(18(21)25)13-23-19(24-20)14-8-4-3-5-9-14/h3-11,13H,2,12,22H2,1H3,(H2,21,25)(H,23,24). The quantitative estimate of drug-likeness (QED) is 0.648. The van der Waals surface area contributed by atoms with Crippen molar-refractivity contribution in [1.82, 2.24) is 5.32 Å². The lowest BCUT2D eigenvalue weighted by atomic mass is 10.1. The van der Waals surface area contributed by atoms with Crippen LogP contribution >= 0.6 is 0 Å². The Hall–Kier alpha value is -3.32. The molecule has 0 bridgehead atoms. The number of carbonyl (C=O) groups excluding carboxylic acids is 1. The second kappa shape index (κ2) is 7.92. The van der Waals surface area contributed by atoms with Crippen LogP contribution in [0.1, 0.15) is 18.9 Å². The zero-order chi connectivity index (χ0) is 19.3. The molecule has 1 aliphatic heterocycles. The summed E-state index contributed by atoms with van der Waals surface area (Å²) < 4.78 is 11.7. The number of amides is 1. The van der Waals surface area contributed by atoms with E-state index in [9.17, 15) is 4.79 Å². The predicted molar refractivity (Wildman–Crippen MR) is 103 cm³/mol. The fourth-order valence-electron chi connectivity index (χ4n) is 2.61. The van der Waals surface area contributed by atoms with Crippen LogP contribution in [0, 0.1) is 0 Å². The molecule has 2 aromatic rings. The van der Waals surface area contributed by atoms with Crippen molar-refractivity contribution in [1.29, 1.82) is 0 Å². The molecule has 0 aliphatic carbocycles. The molecule has 0 saturated heterocycles. The van der Waals surface area contributed by atoms with E-state index in [4.69, 9.17) is 20.9 Å². The van der Waals surface area contributed by atoms with Crippen LogP contribution in [-0.2, 0) is 4.79 Å². The lowest BCUT2D eigenvalue weighted by molar-refractivity contribution is -0.116. The van der Waals surface area contributed by atoms with Crippen molar-refractivity contribution in [2.45, 2.75) is 19.2 Å². The molecule has 27 heavy (non-hydrogen) atoms. The van der Waals surface area contributed by atoms with Gasteiger partial charge in [-0.2, -0.15) is 0 Å². The summed E-state index contributed by atoms with van der Waals surface area (Å²) in [6.07, 6.45) is 2.27. The maximum absolute atomic E-state index is 11.9. The number of hydrogen-bond donors (Lipinski definition) is 3. The van der Waals surface area contributed by atoms with Gasteiger partial charge in [-0.3, -0.25) is 10.5 Å². The third kappa shape index (κ3) is 4.09. The molecule has 3 rings (SSSR count). The van der Waals surface area contributed by atoms with Gasteiger partial charge >= 0.3 is 0 Å². The first-order valence-corrected chi connectivity index (χ1v) is 8.65. The van der Waals surface area contributed by atoms with Crippen LogP contribution in [0.3, 0.4) is 0 Å². The van der Waals surface area contributed by atoms with Gasteiger partial charge in [-0.15, -0.1) is 0 Å². The smallest absolute Gasteiger partial charge is 0.291 e. The summed E-state index contributed by atoms with van der Waals surface area (Å²) in [6.45, 7) is 2.53. The van der Waals surface area contributed by atoms with E-state index in [1.807, 2.05) is 43.3 Å². The number of ether oxygens (including phenoxy) is 2. The first-order valence-electron chi connectivity index (χ1n) is 8.65. The van der Waals surface area contributed by atoms with Gasteiger partial charge in [0.15, 0.2) is 11.5 Å². The third-order valence-electron chi connectivity index (χ3n) is 3.91. The lowest BCUT2D eigenvalue weighted by Crippen LogP contribution is -2.54. The van der Waals surface area contributed by atoms with Crippen LogP contribution in [0.4, 0.5) is 0 Å². The Morgan fingerprint density at radius 3 is 2.44 bits per heavy atom. The van der Waals surface area contributed by atoms with Crippen LogP contribution in [0.5, 0.6) is 11.5 Å². The summed E-state index contributed by atoms with van der Waals surface area (Å²) in [5.74, 6) is -1.15. The van der Waals surface area contributed by atoms with Crippen molar-refractivity contribution in [2.75, 3.05) is 6.61 Å². The summed E-state index contributed by atoms with van der Waals surface area (Å²) >= 11 is 0. The van der Waals surface area contributed by atoms with Gasteiger partial charge in [0.2, 0.25) is 0 Å². The number of primary amides is 1. The Morgan fingerprint density at radius 1 is 1.11 bits per heavy atom. The fraction of sp³-hybridized carbons (Fsp3) is 0.200. The molecule has 140 valence electrons. The second-order valence-electron chi connectivity index (χ2n) is 5.99. The van der Waals surface area contributed by atoms with Gasteiger partial charge in [0.05, 0.1) is 6.61 Å². The van der Waals surface area contributed by atoms with Crippen LogP contribution < -0.4 is 26.3 Å². The molecule has 0 aromatic heterocycles. The number of amidine groups is 1. The number of nitrogens with one attached hydrogen (secondary N) is 1. The van der Waals surface area contributed by atoms with Crippen molar-refractivity contribution in [2.24, 2.45) is 16.5 Å². The molecule has 0 fully saturated rings. The number of carbonyl (C=O) groups is 1. The maximum atomic E-state index is 11.9. The highest BCUT2D eigenvalue weighted by molar-refractivity contribution is 6.03. The molecule has 5 N–H and O–H groups in total. The Kier molecular flexibility index (Phi) is 5.42. The molecular weight excluding hydrogens is 344 g/mol.